The number of anilines is 4. The number of ether oxygens (including phenoxy) is 2. The number of carbonyl (C=O) groups excluding carboxylic acids is 2. The van der Waals surface area contributed by atoms with Gasteiger partial charge in [-0.15, -0.1) is 0 Å². The van der Waals surface area contributed by atoms with Crippen molar-refractivity contribution in [3.8, 4) is 0 Å². The summed E-state index contributed by atoms with van der Waals surface area (Å²) in [5.41, 5.74) is 2.42. The summed E-state index contributed by atoms with van der Waals surface area (Å²) in [5.74, 6) is 1.63. The maximum absolute atomic E-state index is 11.7. The van der Waals surface area contributed by atoms with Gasteiger partial charge in [0.05, 0.1) is 25.3 Å². The molecule has 1 aromatic heterocycles. The molecule has 3 aromatic rings. The second kappa shape index (κ2) is 9.32. The largest absolute Gasteiger partial charge is 0.465 e. The van der Waals surface area contributed by atoms with Crippen molar-refractivity contribution >= 4 is 35.2 Å². The van der Waals surface area contributed by atoms with Crippen LogP contribution in [0.3, 0.4) is 0 Å². The van der Waals surface area contributed by atoms with Gasteiger partial charge in [0.15, 0.2) is 0 Å². The molecule has 2 saturated carbocycles. The Hall–Kier alpha value is -4.01. The molecule has 1 heterocycles. The van der Waals surface area contributed by atoms with E-state index in [1.807, 2.05) is 0 Å². The molecule has 2 aromatic carbocycles. The number of methoxy groups -OCH3 is 2. The Kier molecular flexibility index (Phi) is 6.07. The molecular weight excluding hydrogens is 446 g/mol. The number of nitrogens with one attached hydrogen (secondary N) is 2. The molecule has 2 aliphatic carbocycles. The Morgan fingerprint density at radius 1 is 0.771 bits per heavy atom. The minimum absolute atomic E-state index is 0.00997. The minimum atomic E-state index is -0.389. The first-order chi connectivity index (χ1) is 17.0. The number of nitrogens with zero attached hydrogens (tertiary/aromatic N) is 3. The van der Waals surface area contributed by atoms with Gasteiger partial charge in [-0.1, -0.05) is 0 Å². The molecule has 0 aliphatic heterocycles. The van der Waals surface area contributed by atoms with Crippen LogP contribution in [0, 0.1) is 5.92 Å². The van der Waals surface area contributed by atoms with Gasteiger partial charge in [0.1, 0.15) is 5.82 Å². The van der Waals surface area contributed by atoms with Crippen LogP contribution in [0.25, 0.3) is 0 Å². The van der Waals surface area contributed by atoms with Gasteiger partial charge in [-0.3, -0.25) is 0 Å². The van der Waals surface area contributed by atoms with Crippen molar-refractivity contribution in [2.45, 2.75) is 37.5 Å². The zero-order valence-corrected chi connectivity index (χ0v) is 19.7. The highest BCUT2D eigenvalue weighted by Gasteiger charge is 2.48. The van der Waals surface area contributed by atoms with E-state index in [1.54, 1.807) is 48.5 Å². The minimum Gasteiger partial charge on any atom is -0.465 e. The van der Waals surface area contributed by atoms with Crippen LogP contribution in [0.4, 0.5) is 23.3 Å². The summed E-state index contributed by atoms with van der Waals surface area (Å²) in [7, 11) is 2.71. The predicted molar refractivity (Wildman–Crippen MR) is 130 cm³/mol. The Bertz CT molecular complexity index is 1160. The van der Waals surface area contributed by atoms with E-state index in [-0.39, 0.29) is 17.4 Å². The van der Waals surface area contributed by atoms with Crippen molar-refractivity contribution in [1.82, 2.24) is 15.0 Å². The van der Waals surface area contributed by atoms with Gasteiger partial charge in [-0.25, -0.2) is 9.59 Å². The molecule has 0 atom stereocenters. The normalized spacial score (nSPS) is 20.3. The zero-order chi connectivity index (χ0) is 24.4. The lowest BCUT2D eigenvalue weighted by Crippen LogP contribution is -2.24. The molecule has 5 rings (SSSR count). The number of aromatic nitrogens is 3. The number of hydrogen-bond acceptors (Lipinski definition) is 9. The third-order valence-corrected chi connectivity index (χ3v) is 6.98. The summed E-state index contributed by atoms with van der Waals surface area (Å²) in [4.78, 5) is 37.7. The first-order valence-corrected chi connectivity index (χ1v) is 11.7. The number of benzene rings is 2. The fraction of sp³-hybridized carbons (Fsp3) is 0.346. The summed E-state index contributed by atoms with van der Waals surface area (Å²) in [6, 6.07) is 13.9. The Morgan fingerprint density at radius 2 is 1.23 bits per heavy atom. The maximum Gasteiger partial charge on any atom is 0.337 e. The van der Waals surface area contributed by atoms with Gasteiger partial charge in [-0.2, -0.15) is 15.0 Å². The van der Waals surface area contributed by atoms with Gasteiger partial charge >= 0.3 is 11.9 Å². The lowest BCUT2D eigenvalue weighted by atomic mass is 9.83. The van der Waals surface area contributed by atoms with Gasteiger partial charge in [0.2, 0.25) is 11.9 Å². The van der Waals surface area contributed by atoms with Crippen LogP contribution in [0.1, 0.15) is 58.6 Å². The summed E-state index contributed by atoms with van der Waals surface area (Å²) < 4.78 is 9.53. The fourth-order valence-electron chi connectivity index (χ4n) is 5.10. The smallest absolute Gasteiger partial charge is 0.337 e. The second-order valence-electron chi connectivity index (χ2n) is 9.12. The lowest BCUT2D eigenvalue weighted by Gasteiger charge is -2.25. The van der Waals surface area contributed by atoms with Crippen LogP contribution in [-0.2, 0) is 14.9 Å². The molecule has 9 heteroatoms. The average molecular weight is 474 g/mol. The van der Waals surface area contributed by atoms with E-state index in [4.69, 9.17) is 19.4 Å². The summed E-state index contributed by atoms with van der Waals surface area (Å²) in [6.07, 6.45) is 5.70. The van der Waals surface area contributed by atoms with E-state index in [9.17, 15) is 9.59 Å². The highest BCUT2D eigenvalue weighted by atomic mass is 16.5. The van der Waals surface area contributed by atoms with Crippen molar-refractivity contribution < 1.29 is 19.1 Å². The predicted octanol–water partition coefficient (Wildman–Crippen LogP) is 4.76. The highest BCUT2D eigenvalue weighted by Crippen LogP contribution is 2.54. The molecule has 2 aliphatic rings. The van der Waals surface area contributed by atoms with Crippen LogP contribution in [0.2, 0.25) is 0 Å². The van der Waals surface area contributed by atoms with Crippen molar-refractivity contribution in [2.24, 2.45) is 5.92 Å². The Morgan fingerprint density at radius 3 is 1.60 bits per heavy atom. The van der Waals surface area contributed by atoms with Crippen LogP contribution < -0.4 is 10.6 Å². The fourth-order valence-corrected chi connectivity index (χ4v) is 5.10. The van der Waals surface area contributed by atoms with Crippen LogP contribution >= 0.6 is 0 Å². The van der Waals surface area contributed by atoms with Crippen LogP contribution in [0.5, 0.6) is 0 Å². The number of hydrogen-bond donors (Lipinski definition) is 2. The van der Waals surface area contributed by atoms with Gasteiger partial charge in [0, 0.05) is 16.8 Å². The molecule has 2 bridgehead atoms. The topological polar surface area (TPSA) is 115 Å². The Balaban J connectivity index is 1.44. The standard InChI is InChI=1S/C26H27N5O4/c1-34-21(32)17-3-7-19(8-4-17)27-24-29-23(26-13-11-16(15-26)12-14-26)30-25(31-24)28-20-9-5-18(6-10-20)22(33)35-2/h3-10,16H,11-15H2,1-2H3,(H2,27,28,29,30,31). The summed E-state index contributed by atoms with van der Waals surface area (Å²) >= 11 is 0. The molecule has 2 fully saturated rings. The van der Waals surface area contributed by atoms with E-state index in [0.29, 0.717) is 23.0 Å². The van der Waals surface area contributed by atoms with Crippen LogP contribution in [0.15, 0.2) is 48.5 Å². The number of rotatable bonds is 7. The first-order valence-electron chi connectivity index (χ1n) is 11.7. The number of fused-ring (bicyclic) bond motifs is 2. The van der Waals surface area contributed by atoms with E-state index >= 15 is 0 Å². The van der Waals surface area contributed by atoms with Gasteiger partial charge in [0.25, 0.3) is 0 Å². The molecule has 0 saturated heterocycles. The third-order valence-electron chi connectivity index (χ3n) is 6.98. The Labute approximate surface area is 203 Å². The zero-order valence-electron chi connectivity index (χ0n) is 19.7. The van der Waals surface area contributed by atoms with E-state index in [2.05, 4.69) is 15.6 Å². The molecule has 180 valence electrons. The van der Waals surface area contributed by atoms with Gasteiger partial charge in [-0.05, 0) is 86.6 Å². The SMILES string of the molecule is COC(=O)c1ccc(Nc2nc(Nc3ccc(C(=O)OC)cc3)nc(C34CCC(CC3)C4)n2)cc1. The van der Waals surface area contributed by atoms with Crippen molar-refractivity contribution in [3.05, 3.63) is 65.5 Å². The molecule has 35 heavy (non-hydrogen) atoms. The molecule has 0 amide bonds. The van der Waals surface area contributed by atoms with Crippen molar-refractivity contribution in [2.75, 3.05) is 24.9 Å². The van der Waals surface area contributed by atoms with E-state index in [0.717, 1.165) is 42.4 Å². The summed E-state index contributed by atoms with van der Waals surface area (Å²) in [6.45, 7) is 0. The number of carbonyl (C=O) groups is 2. The molecule has 0 unspecified atom stereocenters. The maximum atomic E-state index is 11.7. The third kappa shape index (κ3) is 4.66. The monoisotopic (exact) mass is 473 g/mol. The van der Waals surface area contributed by atoms with E-state index in [1.165, 1.54) is 27.1 Å². The number of esters is 2. The van der Waals surface area contributed by atoms with Crippen molar-refractivity contribution in [3.63, 3.8) is 0 Å². The van der Waals surface area contributed by atoms with Crippen LogP contribution in [-0.4, -0.2) is 41.1 Å². The average Bonchev–Trinajstić information content (AvgIpc) is 3.51. The molecule has 2 N–H and O–H groups in total. The van der Waals surface area contributed by atoms with Gasteiger partial charge < -0.3 is 20.1 Å². The molecule has 0 spiro atoms. The van der Waals surface area contributed by atoms with Crippen molar-refractivity contribution in [1.29, 1.82) is 0 Å². The highest BCUT2D eigenvalue weighted by molar-refractivity contribution is 5.90. The second-order valence-corrected chi connectivity index (χ2v) is 9.12. The molecule has 9 nitrogen and oxygen atoms in total. The van der Waals surface area contributed by atoms with E-state index < -0.39 is 0 Å². The first kappa shape index (κ1) is 22.8. The summed E-state index contributed by atoms with van der Waals surface area (Å²) in [5, 5.41) is 6.50. The molecule has 0 radical (unpaired) electrons. The lowest BCUT2D eigenvalue weighted by molar-refractivity contribution is 0.0592. The molecular formula is C26H27N5O4. The quantitative estimate of drug-likeness (QED) is 0.468.